The van der Waals surface area contributed by atoms with Crippen molar-refractivity contribution in [1.29, 1.82) is 0 Å². The fourth-order valence-electron chi connectivity index (χ4n) is 3.06. The predicted molar refractivity (Wildman–Crippen MR) is 80.8 cm³/mol. The largest absolute Gasteiger partial charge is 0.481 e. The lowest BCUT2D eigenvalue weighted by Gasteiger charge is -2.19. The first-order valence-electron chi connectivity index (χ1n) is 7.62. The number of carboxylic acid groups (broad SMARTS) is 1. The molecule has 0 bridgehead atoms. The summed E-state index contributed by atoms with van der Waals surface area (Å²) in [5.41, 5.74) is 0.874. The van der Waals surface area contributed by atoms with Crippen molar-refractivity contribution in [3.05, 3.63) is 35.6 Å². The highest BCUT2D eigenvalue weighted by Crippen LogP contribution is 2.25. The molecule has 1 fully saturated rings. The average Bonchev–Trinajstić information content (AvgIpc) is 2.81. The molecule has 1 unspecified atom stereocenters. The summed E-state index contributed by atoms with van der Waals surface area (Å²) in [7, 11) is 0. The molecule has 2 rings (SSSR count). The average molecular weight is 307 g/mol. The molecular formula is C17H22FNO3. The van der Waals surface area contributed by atoms with E-state index >= 15 is 0 Å². The van der Waals surface area contributed by atoms with Crippen LogP contribution in [-0.4, -0.2) is 35.0 Å². The molecule has 0 saturated carbocycles. The third-order valence-corrected chi connectivity index (χ3v) is 4.28. The summed E-state index contributed by atoms with van der Waals surface area (Å²) in [4.78, 5) is 25.0. The molecule has 5 heteroatoms. The van der Waals surface area contributed by atoms with E-state index in [0.29, 0.717) is 25.9 Å². The van der Waals surface area contributed by atoms with Crippen LogP contribution in [0, 0.1) is 23.6 Å². The quantitative estimate of drug-likeness (QED) is 0.909. The first kappa shape index (κ1) is 16.5. The van der Waals surface area contributed by atoms with Crippen LogP contribution in [0.25, 0.3) is 0 Å². The van der Waals surface area contributed by atoms with Crippen LogP contribution in [0.5, 0.6) is 0 Å². The van der Waals surface area contributed by atoms with E-state index in [0.717, 1.165) is 5.56 Å². The molecule has 120 valence electrons. The van der Waals surface area contributed by atoms with Crippen LogP contribution in [0.3, 0.4) is 0 Å². The van der Waals surface area contributed by atoms with Gasteiger partial charge in [-0.2, -0.15) is 0 Å². The highest BCUT2D eigenvalue weighted by atomic mass is 19.1. The van der Waals surface area contributed by atoms with Gasteiger partial charge in [-0.3, -0.25) is 9.59 Å². The summed E-state index contributed by atoms with van der Waals surface area (Å²) in [6, 6.07) is 6.40. The Morgan fingerprint density at radius 3 is 2.73 bits per heavy atom. The summed E-state index contributed by atoms with van der Waals surface area (Å²) in [5, 5.41) is 9.11. The molecule has 1 aromatic carbocycles. The van der Waals surface area contributed by atoms with Crippen molar-refractivity contribution in [1.82, 2.24) is 4.90 Å². The first-order chi connectivity index (χ1) is 10.4. The summed E-state index contributed by atoms with van der Waals surface area (Å²) in [6.07, 6.45) is 0.991. The molecule has 1 aliphatic rings. The lowest BCUT2D eigenvalue weighted by molar-refractivity contribution is -0.142. The molecular weight excluding hydrogens is 285 g/mol. The van der Waals surface area contributed by atoms with Gasteiger partial charge in [0.05, 0.1) is 5.92 Å². The van der Waals surface area contributed by atoms with Crippen molar-refractivity contribution < 1.29 is 19.1 Å². The van der Waals surface area contributed by atoms with Crippen molar-refractivity contribution in [2.75, 3.05) is 13.1 Å². The molecule has 1 heterocycles. The monoisotopic (exact) mass is 307 g/mol. The van der Waals surface area contributed by atoms with E-state index in [1.165, 1.54) is 12.1 Å². The van der Waals surface area contributed by atoms with Gasteiger partial charge in [-0.15, -0.1) is 0 Å². The van der Waals surface area contributed by atoms with Gasteiger partial charge in [0.2, 0.25) is 5.91 Å². The number of amides is 1. The Morgan fingerprint density at radius 1 is 1.41 bits per heavy atom. The smallest absolute Gasteiger partial charge is 0.308 e. The number of likely N-dealkylation sites (tertiary alicyclic amines) is 1. The fourth-order valence-corrected chi connectivity index (χ4v) is 3.06. The van der Waals surface area contributed by atoms with Crippen molar-refractivity contribution in [2.45, 2.75) is 26.7 Å². The van der Waals surface area contributed by atoms with E-state index in [2.05, 4.69) is 0 Å². The maximum atomic E-state index is 13.2. The summed E-state index contributed by atoms with van der Waals surface area (Å²) < 4.78 is 13.2. The Hall–Kier alpha value is -1.91. The van der Waals surface area contributed by atoms with Crippen LogP contribution in [0.2, 0.25) is 0 Å². The minimum atomic E-state index is -0.837. The number of carbonyl (C=O) groups is 2. The van der Waals surface area contributed by atoms with Gasteiger partial charge in [0, 0.05) is 19.5 Å². The van der Waals surface area contributed by atoms with Gasteiger partial charge >= 0.3 is 5.97 Å². The van der Waals surface area contributed by atoms with Crippen LogP contribution >= 0.6 is 0 Å². The van der Waals surface area contributed by atoms with Crippen molar-refractivity contribution in [2.24, 2.45) is 17.8 Å². The van der Waals surface area contributed by atoms with E-state index in [-0.39, 0.29) is 23.6 Å². The minimum absolute atomic E-state index is 0.0139. The second-order valence-electron chi connectivity index (χ2n) is 6.36. The number of carbonyl (C=O) groups excluding carboxylic acids is 1. The Labute approximate surface area is 129 Å². The second kappa shape index (κ2) is 6.90. The van der Waals surface area contributed by atoms with Gasteiger partial charge in [0.1, 0.15) is 5.82 Å². The van der Waals surface area contributed by atoms with Gasteiger partial charge in [-0.1, -0.05) is 26.0 Å². The molecule has 1 aliphatic heterocycles. The highest BCUT2D eigenvalue weighted by molar-refractivity contribution is 5.79. The topological polar surface area (TPSA) is 57.6 Å². The van der Waals surface area contributed by atoms with Gasteiger partial charge < -0.3 is 10.0 Å². The lowest BCUT2D eigenvalue weighted by Crippen LogP contribution is -2.31. The molecule has 0 radical (unpaired) electrons. The van der Waals surface area contributed by atoms with E-state index in [4.69, 9.17) is 5.11 Å². The van der Waals surface area contributed by atoms with Crippen LogP contribution in [0.4, 0.5) is 4.39 Å². The fraction of sp³-hybridized carbons (Fsp3) is 0.529. The van der Waals surface area contributed by atoms with Gasteiger partial charge in [-0.25, -0.2) is 4.39 Å². The van der Waals surface area contributed by atoms with Gasteiger partial charge in [-0.05, 0) is 36.0 Å². The Bertz CT molecular complexity index is 561. The van der Waals surface area contributed by atoms with Gasteiger partial charge in [0.15, 0.2) is 0 Å². The van der Waals surface area contributed by atoms with E-state index in [1.807, 2.05) is 19.9 Å². The molecule has 3 atom stereocenters. The highest BCUT2D eigenvalue weighted by Gasteiger charge is 2.36. The Balaban J connectivity index is 1.88. The summed E-state index contributed by atoms with van der Waals surface area (Å²) in [6.45, 7) is 4.61. The van der Waals surface area contributed by atoms with E-state index in [9.17, 15) is 14.0 Å². The minimum Gasteiger partial charge on any atom is -0.481 e. The van der Waals surface area contributed by atoms with E-state index < -0.39 is 11.9 Å². The predicted octanol–water partition coefficient (Wildman–Crippen LogP) is 2.57. The molecule has 0 aromatic heterocycles. The molecule has 4 nitrogen and oxygen atoms in total. The summed E-state index contributed by atoms with van der Waals surface area (Å²) in [5.74, 6) is -1.51. The van der Waals surface area contributed by atoms with Crippen molar-refractivity contribution in [3.63, 3.8) is 0 Å². The van der Waals surface area contributed by atoms with E-state index in [1.54, 1.807) is 11.0 Å². The summed E-state index contributed by atoms with van der Waals surface area (Å²) >= 11 is 0. The van der Waals surface area contributed by atoms with Gasteiger partial charge in [0.25, 0.3) is 0 Å². The zero-order valence-corrected chi connectivity index (χ0v) is 13.0. The first-order valence-corrected chi connectivity index (χ1v) is 7.62. The number of aliphatic carboxylic acids is 1. The normalized spacial score (nSPS) is 22.6. The molecule has 1 amide bonds. The SMILES string of the molecule is CC(CC(=O)N1C[C@@H](C)[C@H](C(=O)O)C1)Cc1cccc(F)c1. The zero-order chi connectivity index (χ0) is 16.3. The number of halogens is 1. The Kier molecular flexibility index (Phi) is 5.16. The van der Waals surface area contributed by atoms with Crippen LogP contribution in [0.1, 0.15) is 25.8 Å². The molecule has 22 heavy (non-hydrogen) atoms. The number of carboxylic acids is 1. The molecule has 1 N–H and O–H groups in total. The molecule has 1 aromatic rings. The number of nitrogens with zero attached hydrogens (tertiary/aromatic N) is 1. The lowest BCUT2D eigenvalue weighted by atomic mass is 9.97. The maximum Gasteiger partial charge on any atom is 0.308 e. The molecule has 1 saturated heterocycles. The standard InChI is InChI=1S/C17H22FNO3/c1-11(6-13-4-3-5-14(18)8-13)7-16(20)19-9-12(2)15(10-19)17(21)22/h3-5,8,11-12,15H,6-7,9-10H2,1-2H3,(H,21,22)/t11?,12-,15-/m1/s1. The van der Waals surface area contributed by atoms with Crippen LogP contribution in [0.15, 0.2) is 24.3 Å². The number of hydrogen-bond acceptors (Lipinski definition) is 2. The molecule has 0 spiro atoms. The van der Waals surface area contributed by atoms with Crippen molar-refractivity contribution >= 4 is 11.9 Å². The Morgan fingerprint density at radius 2 is 2.14 bits per heavy atom. The molecule has 0 aliphatic carbocycles. The van der Waals surface area contributed by atoms with Crippen molar-refractivity contribution in [3.8, 4) is 0 Å². The zero-order valence-electron chi connectivity index (χ0n) is 13.0. The van der Waals surface area contributed by atoms with Crippen LogP contribution in [-0.2, 0) is 16.0 Å². The van der Waals surface area contributed by atoms with Crippen LogP contribution < -0.4 is 0 Å². The number of benzene rings is 1. The third kappa shape index (κ3) is 4.06. The second-order valence-corrected chi connectivity index (χ2v) is 6.36. The maximum absolute atomic E-state index is 13.2. The number of rotatable bonds is 5. The third-order valence-electron chi connectivity index (χ3n) is 4.28. The number of hydrogen-bond donors (Lipinski definition) is 1.